The zero-order valence-electron chi connectivity index (χ0n) is 17.0. The van der Waals surface area contributed by atoms with Gasteiger partial charge in [0.25, 0.3) is 11.8 Å². The van der Waals surface area contributed by atoms with Gasteiger partial charge in [-0.1, -0.05) is 0 Å². The lowest BCUT2D eigenvalue weighted by Gasteiger charge is -2.34. The van der Waals surface area contributed by atoms with Crippen molar-refractivity contribution in [3.63, 3.8) is 0 Å². The lowest BCUT2D eigenvalue weighted by Crippen LogP contribution is -2.47. The third-order valence-corrected chi connectivity index (χ3v) is 4.93. The molecule has 30 heavy (non-hydrogen) atoms. The number of piperazine rings is 1. The monoisotopic (exact) mass is 412 g/mol. The van der Waals surface area contributed by atoms with Crippen molar-refractivity contribution in [1.82, 2.24) is 40.4 Å². The average molecular weight is 412 g/mol. The van der Waals surface area contributed by atoms with Crippen LogP contribution in [0, 0.1) is 0 Å². The van der Waals surface area contributed by atoms with Gasteiger partial charge in [-0.15, -0.1) is 0 Å². The van der Waals surface area contributed by atoms with Gasteiger partial charge in [0.15, 0.2) is 0 Å². The normalized spacial score (nSPS) is 14.9. The molecule has 2 N–H and O–H groups in total. The maximum absolute atomic E-state index is 11.9. The summed E-state index contributed by atoms with van der Waals surface area (Å²) in [6.07, 6.45) is 10.9. The van der Waals surface area contributed by atoms with E-state index in [0.29, 0.717) is 24.5 Å². The van der Waals surface area contributed by atoms with E-state index < -0.39 is 0 Å². The largest absolute Gasteiger partial charge is 0.351 e. The summed E-state index contributed by atoms with van der Waals surface area (Å²) in [5.41, 5.74) is 0.693. The van der Waals surface area contributed by atoms with Crippen molar-refractivity contribution in [3.05, 3.63) is 48.6 Å². The third kappa shape index (κ3) is 7.12. The molecule has 1 fully saturated rings. The summed E-state index contributed by atoms with van der Waals surface area (Å²) in [7, 11) is 0. The summed E-state index contributed by atoms with van der Waals surface area (Å²) in [5, 5.41) is 5.76. The van der Waals surface area contributed by atoms with E-state index in [0.717, 1.165) is 52.1 Å². The highest BCUT2D eigenvalue weighted by atomic mass is 16.2. The van der Waals surface area contributed by atoms with E-state index in [1.807, 2.05) is 0 Å². The van der Waals surface area contributed by atoms with Gasteiger partial charge in [-0.3, -0.25) is 19.6 Å². The molecule has 3 heterocycles. The van der Waals surface area contributed by atoms with Gasteiger partial charge in [-0.25, -0.2) is 9.97 Å². The zero-order chi connectivity index (χ0) is 21.0. The molecule has 10 nitrogen and oxygen atoms in total. The van der Waals surface area contributed by atoms with E-state index in [1.54, 1.807) is 12.4 Å². The van der Waals surface area contributed by atoms with Crippen molar-refractivity contribution < 1.29 is 9.59 Å². The lowest BCUT2D eigenvalue weighted by atomic mass is 10.2. The first-order chi connectivity index (χ1) is 14.7. The van der Waals surface area contributed by atoms with Crippen LogP contribution >= 0.6 is 0 Å². The van der Waals surface area contributed by atoms with Gasteiger partial charge in [-0.2, -0.15) is 0 Å². The molecule has 1 aliphatic rings. The molecule has 2 amide bonds. The van der Waals surface area contributed by atoms with Crippen LogP contribution in [0.2, 0.25) is 0 Å². The van der Waals surface area contributed by atoms with Crippen molar-refractivity contribution in [1.29, 1.82) is 0 Å². The number of nitrogens with one attached hydrogen (secondary N) is 2. The highest BCUT2D eigenvalue weighted by Crippen LogP contribution is 2.03. The minimum absolute atomic E-state index is 0.181. The van der Waals surface area contributed by atoms with Crippen molar-refractivity contribution in [3.8, 4) is 0 Å². The minimum atomic E-state index is -0.181. The Labute approximate surface area is 176 Å². The molecular weight excluding hydrogens is 384 g/mol. The summed E-state index contributed by atoms with van der Waals surface area (Å²) in [5.74, 6) is -0.362. The lowest BCUT2D eigenvalue weighted by molar-refractivity contribution is 0.0929. The van der Waals surface area contributed by atoms with Crippen LogP contribution in [0.25, 0.3) is 0 Å². The van der Waals surface area contributed by atoms with E-state index in [4.69, 9.17) is 0 Å². The van der Waals surface area contributed by atoms with Crippen LogP contribution in [0.15, 0.2) is 37.2 Å². The Morgan fingerprint density at radius 1 is 0.733 bits per heavy atom. The van der Waals surface area contributed by atoms with E-state index in [2.05, 4.69) is 40.4 Å². The smallest absolute Gasteiger partial charge is 0.271 e. The van der Waals surface area contributed by atoms with Gasteiger partial charge >= 0.3 is 0 Å². The predicted molar refractivity (Wildman–Crippen MR) is 111 cm³/mol. The van der Waals surface area contributed by atoms with Crippen LogP contribution in [0.3, 0.4) is 0 Å². The van der Waals surface area contributed by atoms with Gasteiger partial charge in [0.05, 0.1) is 12.4 Å². The maximum Gasteiger partial charge on any atom is 0.271 e. The number of aromatic nitrogens is 4. The second-order valence-electron chi connectivity index (χ2n) is 7.08. The molecule has 0 radical (unpaired) electrons. The van der Waals surface area contributed by atoms with E-state index in [-0.39, 0.29) is 11.8 Å². The van der Waals surface area contributed by atoms with Crippen LogP contribution in [0.5, 0.6) is 0 Å². The molecule has 0 atom stereocenters. The number of rotatable bonds is 10. The SMILES string of the molecule is O=C(NCCCN1CCN(CCCNC(=O)c2cnccn2)CC1)c1cnccn1. The first kappa shape index (κ1) is 21.7. The fourth-order valence-electron chi connectivity index (χ4n) is 3.26. The summed E-state index contributed by atoms with van der Waals surface area (Å²) < 4.78 is 0. The van der Waals surface area contributed by atoms with Crippen LogP contribution in [-0.2, 0) is 0 Å². The first-order valence-corrected chi connectivity index (χ1v) is 10.3. The van der Waals surface area contributed by atoms with Gasteiger partial charge < -0.3 is 20.4 Å². The highest BCUT2D eigenvalue weighted by molar-refractivity contribution is 5.92. The number of amides is 2. The fraction of sp³-hybridized carbons (Fsp3) is 0.500. The fourth-order valence-corrected chi connectivity index (χ4v) is 3.26. The van der Waals surface area contributed by atoms with E-state index in [9.17, 15) is 9.59 Å². The Kier molecular flexibility index (Phi) is 8.61. The molecule has 2 aromatic rings. The molecule has 0 aliphatic carbocycles. The Balaban J connectivity index is 1.21. The molecule has 0 bridgehead atoms. The molecule has 160 valence electrons. The van der Waals surface area contributed by atoms with Crippen LogP contribution in [0.4, 0.5) is 0 Å². The van der Waals surface area contributed by atoms with Gasteiger partial charge in [0.2, 0.25) is 0 Å². The number of carbonyl (C=O) groups excluding carboxylic acids is 2. The molecule has 0 spiro atoms. The van der Waals surface area contributed by atoms with Crippen LogP contribution in [-0.4, -0.2) is 93.9 Å². The van der Waals surface area contributed by atoms with Crippen LogP contribution in [0.1, 0.15) is 33.8 Å². The molecule has 0 unspecified atom stereocenters. The molecule has 3 rings (SSSR count). The standard InChI is InChI=1S/C20H28N8O2/c29-19(17-15-21-5-7-23-17)25-3-1-9-27-11-13-28(14-12-27)10-2-4-26-20(30)18-16-22-6-8-24-18/h5-8,15-16H,1-4,9-14H2,(H,25,29)(H,26,30). The number of hydrogen-bond acceptors (Lipinski definition) is 8. The maximum atomic E-state index is 11.9. The van der Waals surface area contributed by atoms with Crippen molar-refractivity contribution in [2.45, 2.75) is 12.8 Å². The molecule has 1 saturated heterocycles. The average Bonchev–Trinajstić information content (AvgIpc) is 2.81. The predicted octanol–water partition coefficient (Wildman–Crippen LogP) is -0.176. The number of nitrogens with zero attached hydrogens (tertiary/aromatic N) is 6. The molecule has 2 aromatic heterocycles. The second-order valence-corrected chi connectivity index (χ2v) is 7.08. The van der Waals surface area contributed by atoms with E-state index in [1.165, 1.54) is 24.8 Å². The van der Waals surface area contributed by atoms with Gasteiger partial charge in [0, 0.05) is 64.1 Å². The van der Waals surface area contributed by atoms with Crippen molar-refractivity contribution in [2.24, 2.45) is 0 Å². The quantitative estimate of drug-likeness (QED) is 0.517. The number of carbonyl (C=O) groups is 2. The van der Waals surface area contributed by atoms with Gasteiger partial charge in [-0.05, 0) is 25.9 Å². The Bertz CT molecular complexity index is 714. The zero-order valence-corrected chi connectivity index (χ0v) is 17.0. The summed E-state index contributed by atoms with van der Waals surface area (Å²) in [6, 6.07) is 0. The molecule has 10 heteroatoms. The van der Waals surface area contributed by atoms with Crippen molar-refractivity contribution in [2.75, 3.05) is 52.4 Å². The number of hydrogen-bond donors (Lipinski definition) is 2. The Hall–Kier alpha value is -2.98. The van der Waals surface area contributed by atoms with E-state index >= 15 is 0 Å². The minimum Gasteiger partial charge on any atom is -0.351 e. The summed E-state index contributed by atoms with van der Waals surface area (Å²) in [4.78, 5) is 44.5. The topological polar surface area (TPSA) is 116 Å². The molecule has 0 aromatic carbocycles. The molecule has 0 saturated carbocycles. The van der Waals surface area contributed by atoms with Crippen LogP contribution < -0.4 is 10.6 Å². The Morgan fingerprint density at radius 2 is 1.17 bits per heavy atom. The molecular formula is C20H28N8O2. The summed E-state index contributed by atoms with van der Waals surface area (Å²) >= 11 is 0. The highest BCUT2D eigenvalue weighted by Gasteiger charge is 2.16. The van der Waals surface area contributed by atoms with Gasteiger partial charge in [0.1, 0.15) is 11.4 Å². The summed E-state index contributed by atoms with van der Waals surface area (Å²) in [6.45, 7) is 7.25. The Morgan fingerprint density at radius 3 is 1.53 bits per heavy atom. The molecule has 1 aliphatic heterocycles. The second kappa shape index (κ2) is 11.9. The first-order valence-electron chi connectivity index (χ1n) is 10.3. The van der Waals surface area contributed by atoms with Crippen molar-refractivity contribution >= 4 is 11.8 Å². The third-order valence-electron chi connectivity index (χ3n) is 4.93.